The van der Waals surface area contributed by atoms with Crippen LogP contribution in [0, 0.1) is 5.41 Å². The van der Waals surface area contributed by atoms with Crippen LogP contribution < -0.4 is 0 Å². The molecule has 164 valence electrons. The minimum absolute atomic E-state index is 0.0142. The molecule has 2 nitrogen and oxygen atoms in total. The summed E-state index contributed by atoms with van der Waals surface area (Å²) >= 11 is 0. The van der Waals surface area contributed by atoms with Crippen LogP contribution in [0.3, 0.4) is 0 Å². The van der Waals surface area contributed by atoms with Crippen molar-refractivity contribution in [3.05, 3.63) is 0 Å². The summed E-state index contributed by atoms with van der Waals surface area (Å²) in [5, 5.41) is 10.2. The molecule has 0 atom stereocenters. The Labute approximate surface area is 171 Å². The lowest BCUT2D eigenvalue weighted by molar-refractivity contribution is -0.00867. The number of unbranched alkanes of at least 4 members (excludes halogenated alkanes) is 13. The summed E-state index contributed by atoms with van der Waals surface area (Å²) in [4.78, 5) is 0. The van der Waals surface area contributed by atoms with E-state index >= 15 is 0 Å². The Morgan fingerprint density at radius 3 is 1.41 bits per heavy atom. The normalized spacial score (nSPS) is 12.0. The second-order valence-electron chi connectivity index (χ2n) is 8.81. The number of aliphatic hydroxyl groups excluding tert-OH is 1. The van der Waals surface area contributed by atoms with E-state index in [2.05, 4.69) is 20.8 Å². The highest BCUT2D eigenvalue weighted by molar-refractivity contribution is 4.79. The molecule has 1 N–H and O–H groups in total. The monoisotopic (exact) mass is 384 g/mol. The summed E-state index contributed by atoms with van der Waals surface area (Å²) in [5.41, 5.74) is 0.0142. The fraction of sp³-hybridized carbons (Fsp3) is 1.00. The zero-order chi connectivity index (χ0) is 20.1. The standard InChI is InChI=1S/C25H52O2/c1-4-7-10-13-15-17-20-25(23-26,21-18-16-14-11-8-5-2)24-27-22-19-12-9-6-3/h26H,4-24H2,1-3H3. The van der Waals surface area contributed by atoms with Crippen LogP contribution in [0.2, 0.25) is 0 Å². The van der Waals surface area contributed by atoms with Crippen LogP contribution in [-0.4, -0.2) is 24.9 Å². The third-order valence-electron chi connectivity index (χ3n) is 6.01. The minimum atomic E-state index is 0.0142. The fourth-order valence-electron chi connectivity index (χ4n) is 3.95. The maximum Gasteiger partial charge on any atom is 0.0544 e. The van der Waals surface area contributed by atoms with E-state index in [9.17, 15) is 5.11 Å². The molecule has 0 unspecified atom stereocenters. The Balaban J connectivity index is 4.23. The molecule has 0 aromatic heterocycles. The van der Waals surface area contributed by atoms with Crippen molar-refractivity contribution in [1.29, 1.82) is 0 Å². The number of rotatable bonds is 22. The average Bonchev–Trinajstić information content (AvgIpc) is 2.69. The van der Waals surface area contributed by atoms with Gasteiger partial charge in [-0.2, -0.15) is 0 Å². The Morgan fingerprint density at radius 1 is 0.556 bits per heavy atom. The zero-order valence-electron chi connectivity index (χ0n) is 19.2. The predicted octanol–water partition coefficient (Wildman–Crippen LogP) is 8.06. The van der Waals surface area contributed by atoms with Gasteiger partial charge in [-0.3, -0.25) is 0 Å². The number of hydrogen-bond donors (Lipinski definition) is 1. The molecule has 0 saturated carbocycles. The molecule has 0 radical (unpaired) electrons. The average molecular weight is 385 g/mol. The molecular formula is C25H52O2. The minimum Gasteiger partial charge on any atom is -0.396 e. The van der Waals surface area contributed by atoms with Gasteiger partial charge in [0.25, 0.3) is 0 Å². The summed E-state index contributed by atoms with van der Waals surface area (Å²) in [6.07, 6.45) is 23.2. The largest absolute Gasteiger partial charge is 0.396 e. The van der Waals surface area contributed by atoms with Crippen molar-refractivity contribution < 1.29 is 9.84 Å². The van der Waals surface area contributed by atoms with Crippen molar-refractivity contribution >= 4 is 0 Å². The van der Waals surface area contributed by atoms with Crippen LogP contribution in [0.15, 0.2) is 0 Å². The van der Waals surface area contributed by atoms with E-state index in [0.29, 0.717) is 6.61 Å². The lowest BCUT2D eigenvalue weighted by Gasteiger charge is -2.32. The Morgan fingerprint density at radius 2 is 0.963 bits per heavy atom. The van der Waals surface area contributed by atoms with Crippen LogP contribution in [0.5, 0.6) is 0 Å². The number of aliphatic hydroxyl groups is 1. The molecule has 0 bridgehead atoms. The van der Waals surface area contributed by atoms with Crippen LogP contribution in [0.1, 0.15) is 136 Å². The van der Waals surface area contributed by atoms with Crippen LogP contribution in [0.25, 0.3) is 0 Å². The molecule has 0 aromatic carbocycles. The topological polar surface area (TPSA) is 29.5 Å². The molecule has 0 rings (SSSR count). The summed E-state index contributed by atoms with van der Waals surface area (Å²) in [7, 11) is 0. The number of hydrogen-bond acceptors (Lipinski definition) is 2. The van der Waals surface area contributed by atoms with Crippen LogP contribution >= 0.6 is 0 Å². The summed E-state index contributed by atoms with van der Waals surface area (Å²) in [5.74, 6) is 0. The predicted molar refractivity (Wildman–Crippen MR) is 120 cm³/mol. The van der Waals surface area contributed by atoms with Gasteiger partial charge in [0.1, 0.15) is 0 Å². The SMILES string of the molecule is CCCCCCCCC(CO)(CCCCCCCC)COCCCCCC. The Kier molecular flexibility index (Phi) is 20.6. The van der Waals surface area contributed by atoms with Gasteiger partial charge in [0, 0.05) is 12.0 Å². The Bertz CT molecular complexity index is 237. The molecule has 0 spiro atoms. The third-order valence-corrected chi connectivity index (χ3v) is 6.01. The van der Waals surface area contributed by atoms with E-state index in [1.165, 1.54) is 103 Å². The lowest BCUT2D eigenvalue weighted by atomic mass is 9.79. The van der Waals surface area contributed by atoms with E-state index in [1.54, 1.807) is 0 Å². The van der Waals surface area contributed by atoms with Crippen molar-refractivity contribution in [3.63, 3.8) is 0 Å². The molecule has 0 heterocycles. The van der Waals surface area contributed by atoms with Gasteiger partial charge < -0.3 is 9.84 Å². The number of ether oxygens (including phenoxy) is 1. The van der Waals surface area contributed by atoms with Gasteiger partial charge in [0.15, 0.2) is 0 Å². The zero-order valence-corrected chi connectivity index (χ0v) is 19.2. The van der Waals surface area contributed by atoms with Gasteiger partial charge in [-0.15, -0.1) is 0 Å². The smallest absolute Gasteiger partial charge is 0.0544 e. The van der Waals surface area contributed by atoms with E-state index < -0.39 is 0 Å². The van der Waals surface area contributed by atoms with Crippen molar-refractivity contribution in [2.24, 2.45) is 5.41 Å². The molecule has 2 heteroatoms. The molecule has 0 aromatic rings. The second-order valence-corrected chi connectivity index (χ2v) is 8.81. The first-order valence-corrected chi connectivity index (χ1v) is 12.4. The van der Waals surface area contributed by atoms with Gasteiger partial charge in [-0.1, -0.05) is 117 Å². The molecule has 27 heavy (non-hydrogen) atoms. The maximum absolute atomic E-state index is 10.2. The van der Waals surface area contributed by atoms with Crippen molar-refractivity contribution in [3.8, 4) is 0 Å². The quantitative estimate of drug-likeness (QED) is 0.191. The van der Waals surface area contributed by atoms with E-state index in [4.69, 9.17) is 4.74 Å². The van der Waals surface area contributed by atoms with Crippen LogP contribution in [-0.2, 0) is 4.74 Å². The summed E-state index contributed by atoms with van der Waals surface area (Å²) in [6.45, 7) is 8.73. The summed E-state index contributed by atoms with van der Waals surface area (Å²) < 4.78 is 6.07. The lowest BCUT2D eigenvalue weighted by Crippen LogP contribution is -2.31. The maximum atomic E-state index is 10.2. The molecule has 0 amide bonds. The van der Waals surface area contributed by atoms with Gasteiger partial charge in [-0.25, -0.2) is 0 Å². The first-order chi connectivity index (χ1) is 13.2. The first-order valence-electron chi connectivity index (χ1n) is 12.4. The Hall–Kier alpha value is -0.0800. The van der Waals surface area contributed by atoms with Gasteiger partial charge in [0.2, 0.25) is 0 Å². The molecule has 0 aliphatic heterocycles. The van der Waals surface area contributed by atoms with Crippen molar-refractivity contribution in [1.82, 2.24) is 0 Å². The van der Waals surface area contributed by atoms with Crippen LogP contribution in [0.4, 0.5) is 0 Å². The van der Waals surface area contributed by atoms with Crippen molar-refractivity contribution in [2.75, 3.05) is 19.8 Å². The van der Waals surface area contributed by atoms with Gasteiger partial charge in [0.05, 0.1) is 13.2 Å². The molecule has 0 saturated heterocycles. The van der Waals surface area contributed by atoms with E-state index in [1.807, 2.05) is 0 Å². The molecular weight excluding hydrogens is 332 g/mol. The fourth-order valence-corrected chi connectivity index (χ4v) is 3.95. The first kappa shape index (κ1) is 26.9. The van der Waals surface area contributed by atoms with Gasteiger partial charge >= 0.3 is 0 Å². The van der Waals surface area contributed by atoms with Crippen molar-refractivity contribution in [2.45, 2.75) is 136 Å². The van der Waals surface area contributed by atoms with E-state index in [0.717, 1.165) is 26.1 Å². The highest BCUT2D eigenvalue weighted by atomic mass is 16.5. The summed E-state index contributed by atoms with van der Waals surface area (Å²) in [6, 6.07) is 0. The second kappa shape index (κ2) is 20.6. The van der Waals surface area contributed by atoms with E-state index in [-0.39, 0.29) is 5.41 Å². The highest BCUT2D eigenvalue weighted by Crippen LogP contribution is 2.32. The third kappa shape index (κ3) is 16.6. The molecule has 0 aliphatic carbocycles. The van der Waals surface area contributed by atoms with Gasteiger partial charge in [-0.05, 0) is 19.3 Å². The highest BCUT2D eigenvalue weighted by Gasteiger charge is 2.28. The molecule has 0 aliphatic rings. The molecule has 0 fully saturated rings.